The number of hydrogen-bond donors (Lipinski definition) is 1. The SMILES string of the molecule is CC(C)CN1CCC(O)(Cc2ccc(F)c(Cl)c2)CC1. The van der Waals surface area contributed by atoms with Crippen molar-refractivity contribution in [1.82, 2.24) is 4.90 Å². The molecule has 4 heteroatoms. The first-order valence-corrected chi connectivity index (χ1v) is 7.64. The van der Waals surface area contributed by atoms with Crippen molar-refractivity contribution < 1.29 is 9.50 Å². The molecule has 1 aromatic rings. The molecule has 0 aliphatic carbocycles. The van der Waals surface area contributed by atoms with Crippen LogP contribution in [0, 0.1) is 11.7 Å². The maximum Gasteiger partial charge on any atom is 0.141 e. The number of rotatable bonds is 4. The van der Waals surface area contributed by atoms with Gasteiger partial charge in [0.15, 0.2) is 0 Å². The van der Waals surface area contributed by atoms with Gasteiger partial charge in [0.05, 0.1) is 10.6 Å². The molecule has 0 atom stereocenters. The van der Waals surface area contributed by atoms with Gasteiger partial charge in [0.2, 0.25) is 0 Å². The monoisotopic (exact) mass is 299 g/mol. The van der Waals surface area contributed by atoms with Crippen LogP contribution in [0.1, 0.15) is 32.3 Å². The second-order valence-electron chi connectivity index (χ2n) is 6.34. The van der Waals surface area contributed by atoms with Gasteiger partial charge in [0.1, 0.15) is 5.82 Å². The highest BCUT2D eigenvalue weighted by Crippen LogP contribution is 2.28. The first-order valence-electron chi connectivity index (χ1n) is 7.27. The van der Waals surface area contributed by atoms with E-state index >= 15 is 0 Å². The molecule has 0 saturated carbocycles. The van der Waals surface area contributed by atoms with Crippen molar-refractivity contribution in [3.63, 3.8) is 0 Å². The molecule has 0 radical (unpaired) electrons. The molecule has 2 rings (SSSR count). The van der Waals surface area contributed by atoms with Crippen LogP contribution >= 0.6 is 11.6 Å². The highest BCUT2D eigenvalue weighted by atomic mass is 35.5. The highest BCUT2D eigenvalue weighted by Gasteiger charge is 2.32. The van der Waals surface area contributed by atoms with E-state index in [1.807, 2.05) is 0 Å². The zero-order valence-corrected chi connectivity index (χ0v) is 13.0. The number of piperidine rings is 1. The van der Waals surface area contributed by atoms with E-state index in [9.17, 15) is 9.50 Å². The van der Waals surface area contributed by atoms with Crippen LogP contribution < -0.4 is 0 Å². The smallest absolute Gasteiger partial charge is 0.141 e. The van der Waals surface area contributed by atoms with Gasteiger partial charge in [0.25, 0.3) is 0 Å². The molecule has 1 aromatic carbocycles. The minimum absolute atomic E-state index is 0.128. The van der Waals surface area contributed by atoms with Gasteiger partial charge in [-0.1, -0.05) is 31.5 Å². The molecule has 20 heavy (non-hydrogen) atoms. The van der Waals surface area contributed by atoms with Crippen molar-refractivity contribution in [2.75, 3.05) is 19.6 Å². The maximum absolute atomic E-state index is 13.1. The van der Waals surface area contributed by atoms with Crippen LogP contribution in [0.3, 0.4) is 0 Å². The van der Waals surface area contributed by atoms with Crippen LogP contribution in [0.4, 0.5) is 4.39 Å². The third-order valence-electron chi connectivity index (χ3n) is 3.93. The molecule has 1 N–H and O–H groups in total. The van der Waals surface area contributed by atoms with E-state index in [-0.39, 0.29) is 5.02 Å². The molecule has 0 bridgehead atoms. The lowest BCUT2D eigenvalue weighted by Gasteiger charge is -2.39. The van der Waals surface area contributed by atoms with Crippen molar-refractivity contribution in [2.45, 2.75) is 38.7 Å². The molecule has 0 spiro atoms. The van der Waals surface area contributed by atoms with Gasteiger partial charge in [-0.3, -0.25) is 0 Å². The summed E-state index contributed by atoms with van der Waals surface area (Å²) in [7, 11) is 0. The second kappa shape index (κ2) is 6.42. The summed E-state index contributed by atoms with van der Waals surface area (Å²) in [6.07, 6.45) is 2.06. The molecule has 1 heterocycles. The Labute approximate surface area is 125 Å². The summed E-state index contributed by atoms with van der Waals surface area (Å²) in [4.78, 5) is 2.40. The summed E-state index contributed by atoms with van der Waals surface area (Å²) in [5.41, 5.74) is 0.213. The molecule has 0 aromatic heterocycles. The molecular weight excluding hydrogens is 277 g/mol. The molecule has 0 unspecified atom stereocenters. The number of aliphatic hydroxyl groups is 1. The Balaban J connectivity index is 1.94. The summed E-state index contributed by atoms with van der Waals surface area (Å²) < 4.78 is 13.1. The number of likely N-dealkylation sites (tertiary alicyclic amines) is 1. The van der Waals surface area contributed by atoms with Crippen molar-refractivity contribution in [3.05, 3.63) is 34.6 Å². The Morgan fingerprint density at radius 3 is 2.55 bits per heavy atom. The van der Waals surface area contributed by atoms with Gasteiger partial charge in [-0.15, -0.1) is 0 Å². The standard InChI is InChI=1S/C16H23ClFNO/c1-12(2)11-19-7-5-16(20,6-8-19)10-13-3-4-15(18)14(17)9-13/h3-4,9,12,20H,5-8,10-11H2,1-2H3. The Kier molecular flexibility index (Phi) is 5.05. The summed E-state index contributed by atoms with van der Waals surface area (Å²) in [6, 6.07) is 4.70. The molecule has 1 aliphatic heterocycles. The predicted molar refractivity (Wildman–Crippen MR) is 80.6 cm³/mol. The van der Waals surface area contributed by atoms with E-state index < -0.39 is 11.4 Å². The number of benzene rings is 1. The van der Waals surface area contributed by atoms with E-state index in [1.165, 1.54) is 6.07 Å². The van der Waals surface area contributed by atoms with E-state index in [1.54, 1.807) is 12.1 Å². The number of hydrogen-bond acceptors (Lipinski definition) is 2. The Hall–Kier alpha value is -0.640. The lowest BCUT2D eigenvalue weighted by molar-refractivity contribution is -0.0227. The zero-order valence-electron chi connectivity index (χ0n) is 12.2. The van der Waals surface area contributed by atoms with Gasteiger partial charge in [-0.25, -0.2) is 4.39 Å². The van der Waals surface area contributed by atoms with Gasteiger partial charge in [-0.05, 0) is 36.5 Å². The predicted octanol–water partition coefficient (Wildman–Crippen LogP) is 3.50. The fourth-order valence-electron chi connectivity index (χ4n) is 2.87. The third kappa shape index (κ3) is 4.18. The van der Waals surface area contributed by atoms with Crippen LogP contribution in [0.15, 0.2) is 18.2 Å². The highest BCUT2D eigenvalue weighted by molar-refractivity contribution is 6.30. The van der Waals surface area contributed by atoms with E-state index in [2.05, 4.69) is 18.7 Å². The van der Waals surface area contributed by atoms with Crippen molar-refractivity contribution in [1.29, 1.82) is 0 Å². The van der Waals surface area contributed by atoms with Gasteiger partial charge >= 0.3 is 0 Å². The zero-order chi connectivity index (χ0) is 14.8. The summed E-state index contributed by atoms with van der Waals surface area (Å²) >= 11 is 5.79. The first-order chi connectivity index (χ1) is 9.38. The lowest BCUT2D eigenvalue weighted by Crippen LogP contribution is -2.46. The second-order valence-corrected chi connectivity index (χ2v) is 6.75. The minimum Gasteiger partial charge on any atom is -0.389 e. The van der Waals surface area contributed by atoms with Crippen LogP contribution in [-0.2, 0) is 6.42 Å². The van der Waals surface area contributed by atoms with Crippen LogP contribution in [-0.4, -0.2) is 35.2 Å². The molecule has 1 saturated heterocycles. The maximum atomic E-state index is 13.1. The van der Waals surface area contributed by atoms with Crippen molar-refractivity contribution in [3.8, 4) is 0 Å². The Bertz CT molecular complexity index is 456. The van der Waals surface area contributed by atoms with Crippen LogP contribution in [0.25, 0.3) is 0 Å². The molecule has 112 valence electrons. The number of halogens is 2. The summed E-state index contributed by atoms with van der Waals surface area (Å²) in [5, 5.41) is 10.8. The normalized spacial score (nSPS) is 19.5. The molecule has 0 amide bonds. The topological polar surface area (TPSA) is 23.5 Å². The molecular formula is C16H23ClFNO. The summed E-state index contributed by atoms with van der Waals surface area (Å²) in [6.45, 7) is 7.34. The van der Waals surface area contributed by atoms with Crippen molar-refractivity contribution >= 4 is 11.6 Å². The van der Waals surface area contributed by atoms with Gasteiger partial charge in [-0.2, -0.15) is 0 Å². The molecule has 1 aliphatic rings. The molecule has 1 fully saturated rings. The van der Waals surface area contributed by atoms with Crippen LogP contribution in [0.2, 0.25) is 5.02 Å². The Morgan fingerprint density at radius 2 is 2.00 bits per heavy atom. The fraction of sp³-hybridized carbons (Fsp3) is 0.625. The van der Waals surface area contributed by atoms with Gasteiger partial charge in [0, 0.05) is 26.1 Å². The van der Waals surface area contributed by atoms with E-state index in [0.717, 1.165) is 38.0 Å². The average Bonchev–Trinajstić information content (AvgIpc) is 2.36. The Morgan fingerprint density at radius 1 is 1.35 bits per heavy atom. The van der Waals surface area contributed by atoms with E-state index in [0.29, 0.717) is 12.3 Å². The van der Waals surface area contributed by atoms with E-state index in [4.69, 9.17) is 11.6 Å². The van der Waals surface area contributed by atoms with Crippen molar-refractivity contribution in [2.24, 2.45) is 5.92 Å². The first kappa shape index (κ1) is 15.7. The fourth-order valence-corrected chi connectivity index (χ4v) is 3.08. The largest absolute Gasteiger partial charge is 0.389 e. The number of nitrogens with zero attached hydrogens (tertiary/aromatic N) is 1. The quantitative estimate of drug-likeness (QED) is 0.920. The van der Waals surface area contributed by atoms with Crippen LogP contribution in [0.5, 0.6) is 0 Å². The third-order valence-corrected chi connectivity index (χ3v) is 4.22. The minimum atomic E-state index is -0.686. The molecule has 2 nitrogen and oxygen atoms in total. The lowest BCUT2D eigenvalue weighted by atomic mass is 9.85. The average molecular weight is 300 g/mol. The summed E-state index contributed by atoms with van der Waals surface area (Å²) in [5.74, 6) is 0.242. The van der Waals surface area contributed by atoms with Gasteiger partial charge < -0.3 is 10.0 Å².